The van der Waals surface area contributed by atoms with Crippen LogP contribution >= 0.6 is 23.2 Å². The standard InChI is InChI=1S/C14H20Cl2N2O3S/c1-3-4-5-9-17-13(19)10-18(22(2,20)21)14-11(15)7-6-8-12(14)16/h6-8H,3-5,9-10H2,1-2H3,(H,17,19). The number of anilines is 1. The summed E-state index contributed by atoms with van der Waals surface area (Å²) in [6, 6.07) is 4.67. The molecule has 0 radical (unpaired) electrons. The van der Waals surface area contributed by atoms with Gasteiger partial charge in [0.25, 0.3) is 0 Å². The quantitative estimate of drug-likeness (QED) is 0.718. The number of unbranched alkanes of at least 4 members (excludes halogenated alkanes) is 2. The molecule has 1 amide bonds. The average molecular weight is 367 g/mol. The third-order valence-electron chi connectivity index (χ3n) is 2.98. The van der Waals surface area contributed by atoms with Crippen LogP contribution in [0.3, 0.4) is 0 Å². The second-order valence-electron chi connectivity index (χ2n) is 4.90. The molecular formula is C14H20Cl2N2O3S. The lowest BCUT2D eigenvalue weighted by Crippen LogP contribution is -2.41. The molecule has 124 valence electrons. The molecule has 1 aromatic carbocycles. The molecule has 0 spiro atoms. The minimum atomic E-state index is -3.69. The highest BCUT2D eigenvalue weighted by molar-refractivity contribution is 7.92. The first-order valence-corrected chi connectivity index (χ1v) is 9.56. The molecule has 0 aliphatic rings. The van der Waals surface area contributed by atoms with Crippen LogP contribution in [0.15, 0.2) is 18.2 Å². The van der Waals surface area contributed by atoms with Crippen molar-refractivity contribution >= 4 is 44.8 Å². The molecule has 0 aliphatic heterocycles. The van der Waals surface area contributed by atoms with E-state index in [9.17, 15) is 13.2 Å². The molecule has 0 unspecified atom stereocenters. The Morgan fingerprint density at radius 1 is 1.23 bits per heavy atom. The molecule has 0 aromatic heterocycles. The first kappa shape index (κ1) is 19.1. The predicted molar refractivity (Wildman–Crippen MR) is 91.2 cm³/mol. The lowest BCUT2D eigenvalue weighted by atomic mass is 10.2. The topological polar surface area (TPSA) is 66.5 Å². The second-order valence-corrected chi connectivity index (χ2v) is 7.62. The molecule has 0 saturated heterocycles. The summed E-state index contributed by atoms with van der Waals surface area (Å²) in [7, 11) is -3.69. The van der Waals surface area contributed by atoms with Crippen LogP contribution in [0.25, 0.3) is 0 Å². The van der Waals surface area contributed by atoms with Gasteiger partial charge in [0, 0.05) is 6.54 Å². The van der Waals surface area contributed by atoms with Crippen LogP contribution in [-0.4, -0.2) is 33.7 Å². The zero-order chi connectivity index (χ0) is 16.8. The maximum absolute atomic E-state index is 12.0. The van der Waals surface area contributed by atoms with E-state index in [2.05, 4.69) is 12.2 Å². The van der Waals surface area contributed by atoms with E-state index in [-0.39, 0.29) is 22.3 Å². The van der Waals surface area contributed by atoms with Crippen molar-refractivity contribution in [3.8, 4) is 0 Å². The Morgan fingerprint density at radius 3 is 2.32 bits per heavy atom. The molecule has 0 aliphatic carbocycles. The molecule has 1 aromatic rings. The Bertz CT molecular complexity index is 600. The fourth-order valence-electron chi connectivity index (χ4n) is 1.88. The van der Waals surface area contributed by atoms with E-state index in [0.717, 1.165) is 29.8 Å². The summed E-state index contributed by atoms with van der Waals surface area (Å²) in [4.78, 5) is 12.0. The zero-order valence-corrected chi connectivity index (χ0v) is 14.9. The Labute approximate surface area is 141 Å². The molecule has 5 nitrogen and oxygen atoms in total. The van der Waals surface area contributed by atoms with Gasteiger partial charge in [-0.3, -0.25) is 9.10 Å². The van der Waals surface area contributed by atoms with E-state index in [0.29, 0.717) is 6.54 Å². The van der Waals surface area contributed by atoms with Crippen molar-refractivity contribution in [3.63, 3.8) is 0 Å². The number of sulfonamides is 1. The third kappa shape index (κ3) is 5.66. The van der Waals surface area contributed by atoms with Crippen LogP contribution in [0.2, 0.25) is 10.0 Å². The number of para-hydroxylation sites is 1. The number of hydrogen-bond donors (Lipinski definition) is 1. The number of benzene rings is 1. The molecule has 0 bridgehead atoms. The monoisotopic (exact) mass is 366 g/mol. The third-order valence-corrected chi connectivity index (χ3v) is 4.70. The largest absolute Gasteiger partial charge is 0.355 e. The SMILES string of the molecule is CCCCCNC(=O)CN(c1c(Cl)cccc1Cl)S(C)(=O)=O. The summed E-state index contributed by atoms with van der Waals surface area (Å²) in [6.07, 6.45) is 3.91. The first-order chi connectivity index (χ1) is 10.3. The average Bonchev–Trinajstić information content (AvgIpc) is 2.41. The van der Waals surface area contributed by atoms with Crippen LogP contribution in [0, 0.1) is 0 Å². The van der Waals surface area contributed by atoms with E-state index in [4.69, 9.17) is 23.2 Å². The minimum Gasteiger partial charge on any atom is -0.355 e. The van der Waals surface area contributed by atoms with Gasteiger partial charge >= 0.3 is 0 Å². The van der Waals surface area contributed by atoms with Crippen LogP contribution in [-0.2, 0) is 14.8 Å². The summed E-state index contributed by atoms with van der Waals surface area (Å²) in [5, 5.41) is 3.05. The van der Waals surface area contributed by atoms with Gasteiger partial charge in [-0.15, -0.1) is 0 Å². The maximum Gasteiger partial charge on any atom is 0.240 e. The molecule has 0 saturated carbocycles. The molecule has 1 rings (SSSR count). The van der Waals surface area contributed by atoms with E-state index in [1.54, 1.807) is 6.07 Å². The zero-order valence-electron chi connectivity index (χ0n) is 12.6. The van der Waals surface area contributed by atoms with Crippen molar-refractivity contribution in [1.82, 2.24) is 5.32 Å². The van der Waals surface area contributed by atoms with E-state index >= 15 is 0 Å². The Balaban J connectivity index is 2.90. The first-order valence-electron chi connectivity index (χ1n) is 6.95. The number of halogens is 2. The second kappa shape index (κ2) is 8.60. The van der Waals surface area contributed by atoms with E-state index < -0.39 is 15.9 Å². The molecular weight excluding hydrogens is 347 g/mol. The minimum absolute atomic E-state index is 0.122. The molecule has 8 heteroatoms. The lowest BCUT2D eigenvalue weighted by molar-refractivity contribution is -0.119. The van der Waals surface area contributed by atoms with Crippen LogP contribution < -0.4 is 9.62 Å². The van der Waals surface area contributed by atoms with Gasteiger partial charge in [-0.05, 0) is 18.6 Å². The highest BCUT2D eigenvalue weighted by atomic mass is 35.5. The van der Waals surface area contributed by atoms with Gasteiger partial charge in [-0.2, -0.15) is 0 Å². The Morgan fingerprint density at radius 2 is 1.82 bits per heavy atom. The number of carbonyl (C=O) groups is 1. The van der Waals surface area contributed by atoms with Gasteiger partial charge in [-0.25, -0.2) is 8.42 Å². The summed E-state index contributed by atoms with van der Waals surface area (Å²) in [6.45, 7) is 2.22. The fourth-order valence-corrected chi connectivity index (χ4v) is 3.46. The van der Waals surface area contributed by atoms with Crippen molar-refractivity contribution in [3.05, 3.63) is 28.2 Å². The molecule has 1 N–H and O–H groups in total. The van der Waals surface area contributed by atoms with Crippen molar-refractivity contribution in [1.29, 1.82) is 0 Å². The van der Waals surface area contributed by atoms with E-state index in [1.807, 2.05) is 0 Å². The Hall–Kier alpha value is -0.980. The number of carbonyl (C=O) groups excluding carboxylic acids is 1. The smallest absolute Gasteiger partial charge is 0.240 e. The predicted octanol–water partition coefficient (Wildman–Crippen LogP) is 3.07. The lowest BCUT2D eigenvalue weighted by Gasteiger charge is -2.23. The number of hydrogen-bond acceptors (Lipinski definition) is 3. The van der Waals surface area contributed by atoms with Crippen LogP contribution in [0.4, 0.5) is 5.69 Å². The van der Waals surface area contributed by atoms with Gasteiger partial charge in [0.15, 0.2) is 0 Å². The molecule has 0 atom stereocenters. The van der Waals surface area contributed by atoms with Gasteiger partial charge in [0.1, 0.15) is 6.54 Å². The normalized spacial score (nSPS) is 11.3. The Kier molecular flexibility index (Phi) is 7.45. The summed E-state index contributed by atoms with van der Waals surface area (Å²) < 4.78 is 24.9. The number of nitrogens with zero attached hydrogens (tertiary/aromatic N) is 1. The summed E-state index contributed by atoms with van der Waals surface area (Å²) in [5.41, 5.74) is 0.122. The summed E-state index contributed by atoms with van der Waals surface area (Å²) in [5.74, 6) is -0.391. The number of nitrogens with one attached hydrogen (secondary N) is 1. The maximum atomic E-state index is 12.0. The highest BCUT2D eigenvalue weighted by Gasteiger charge is 2.25. The van der Waals surface area contributed by atoms with E-state index in [1.165, 1.54) is 12.1 Å². The molecule has 22 heavy (non-hydrogen) atoms. The van der Waals surface area contributed by atoms with Crippen molar-refractivity contribution in [2.45, 2.75) is 26.2 Å². The van der Waals surface area contributed by atoms with Gasteiger partial charge in [-0.1, -0.05) is 49.0 Å². The van der Waals surface area contributed by atoms with Gasteiger partial charge < -0.3 is 5.32 Å². The molecule has 0 fully saturated rings. The van der Waals surface area contributed by atoms with Gasteiger partial charge in [0.05, 0.1) is 22.0 Å². The van der Waals surface area contributed by atoms with Crippen molar-refractivity contribution in [2.75, 3.05) is 23.7 Å². The number of rotatable bonds is 8. The van der Waals surface area contributed by atoms with Crippen LogP contribution in [0.5, 0.6) is 0 Å². The highest BCUT2D eigenvalue weighted by Crippen LogP contribution is 2.34. The van der Waals surface area contributed by atoms with Gasteiger partial charge in [0.2, 0.25) is 15.9 Å². The number of amides is 1. The van der Waals surface area contributed by atoms with Crippen LogP contribution in [0.1, 0.15) is 26.2 Å². The summed E-state index contributed by atoms with van der Waals surface area (Å²) >= 11 is 12.1. The molecule has 0 heterocycles. The van der Waals surface area contributed by atoms with Crippen molar-refractivity contribution in [2.24, 2.45) is 0 Å². The fraction of sp³-hybridized carbons (Fsp3) is 0.500. The van der Waals surface area contributed by atoms with Crippen molar-refractivity contribution < 1.29 is 13.2 Å².